The van der Waals surface area contributed by atoms with Crippen molar-refractivity contribution in [3.8, 4) is 0 Å². The quantitative estimate of drug-likeness (QED) is 0.754. The molecule has 2 nitrogen and oxygen atoms in total. The van der Waals surface area contributed by atoms with Crippen LogP contribution in [0.3, 0.4) is 0 Å². The van der Waals surface area contributed by atoms with E-state index in [1.54, 1.807) is 4.90 Å². The highest BCUT2D eigenvalue weighted by molar-refractivity contribution is 4.75. The lowest BCUT2D eigenvalue weighted by Crippen LogP contribution is -3.19. The SMILES string of the molecule is CC1CC(C)CC(C[NH+]2CC(C)CCC2N)C1. The summed E-state index contributed by atoms with van der Waals surface area (Å²) >= 11 is 0. The Kier molecular flexibility index (Phi) is 4.48. The number of nitrogens with one attached hydrogen (secondary N) is 1. The molecule has 0 aromatic rings. The van der Waals surface area contributed by atoms with Crippen molar-refractivity contribution in [2.45, 2.75) is 59.0 Å². The largest absolute Gasteiger partial charge is 0.320 e. The molecule has 2 aliphatic rings. The Balaban J connectivity index is 1.86. The summed E-state index contributed by atoms with van der Waals surface area (Å²) in [6.45, 7) is 9.88. The maximum absolute atomic E-state index is 6.29. The summed E-state index contributed by atoms with van der Waals surface area (Å²) in [4.78, 5) is 1.69. The lowest BCUT2D eigenvalue weighted by molar-refractivity contribution is -0.937. The van der Waals surface area contributed by atoms with Crippen LogP contribution in [0.4, 0.5) is 0 Å². The van der Waals surface area contributed by atoms with E-state index in [-0.39, 0.29) is 0 Å². The monoisotopic (exact) mass is 239 g/mol. The summed E-state index contributed by atoms with van der Waals surface area (Å²) in [5.74, 6) is 3.67. The van der Waals surface area contributed by atoms with Crippen molar-refractivity contribution in [1.29, 1.82) is 0 Å². The number of likely N-dealkylation sites (tertiary alicyclic amines) is 1. The van der Waals surface area contributed by atoms with Crippen LogP contribution in [0.15, 0.2) is 0 Å². The summed E-state index contributed by atoms with van der Waals surface area (Å²) in [5.41, 5.74) is 6.29. The first-order valence-electron chi connectivity index (χ1n) is 7.64. The molecular formula is C15H31N2+. The van der Waals surface area contributed by atoms with Gasteiger partial charge < -0.3 is 4.90 Å². The smallest absolute Gasteiger partial charge is 0.138 e. The molecule has 5 unspecified atom stereocenters. The van der Waals surface area contributed by atoms with Gasteiger partial charge in [0, 0.05) is 18.3 Å². The molecule has 2 fully saturated rings. The molecule has 3 N–H and O–H groups in total. The minimum Gasteiger partial charge on any atom is -0.320 e. The van der Waals surface area contributed by atoms with Gasteiger partial charge in [0.15, 0.2) is 0 Å². The van der Waals surface area contributed by atoms with Crippen molar-refractivity contribution in [1.82, 2.24) is 0 Å². The normalized spacial score (nSPS) is 48.0. The maximum atomic E-state index is 6.29. The van der Waals surface area contributed by atoms with Gasteiger partial charge in [0.25, 0.3) is 0 Å². The van der Waals surface area contributed by atoms with E-state index in [2.05, 4.69) is 20.8 Å². The van der Waals surface area contributed by atoms with E-state index in [4.69, 9.17) is 5.73 Å². The van der Waals surface area contributed by atoms with E-state index < -0.39 is 0 Å². The molecule has 0 bridgehead atoms. The van der Waals surface area contributed by atoms with Gasteiger partial charge in [-0.25, -0.2) is 0 Å². The van der Waals surface area contributed by atoms with Crippen LogP contribution < -0.4 is 10.6 Å². The standard InChI is InChI=1S/C15H30N2/c1-11-4-5-15(16)17(9-11)10-14-7-12(2)6-13(3)8-14/h11-15H,4-10,16H2,1-3H3/p+1. The van der Waals surface area contributed by atoms with Crippen LogP contribution in [0.5, 0.6) is 0 Å². The summed E-state index contributed by atoms with van der Waals surface area (Å²) in [6, 6.07) is 0. The summed E-state index contributed by atoms with van der Waals surface area (Å²) in [5, 5.41) is 0. The average molecular weight is 239 g/mol. The summed E-state index contributed by atoms with van der Waals surface area (Å²) in [7, 11) is 0. The van der Waals surface area contributed by atoms with Crippen molar-refractivity contribution in [2.24, 2.45) is 29.4 Å². The Morgan fingerprint density at radius 2 is 1.59 bits per heavy atom. The second-order valence-electron chi connectivity index (χ2n) is 7.14. The summed E-state index contributed by atoms with van der Waals surface area (Å²) in [6.07, 6.45) is 7.30. The van der Waals surface area contributed by atoms with Crippen LogP contribution in [0.2, 0.25) is 0 Å². The van der Waals surface area contributed by atoms with Crippen LogP contribution >= 0.6 is 0 Å². The fourth-order valence-corrected chi connectivity index (χ4v) is 4.26. The highest BCUT2D eigenvalue weighted by atomic mass is 15.2. The number of piperidine rings is 1. The zero-order valence-corrected chi connectivity index (χ0v) is 11.9. The molecule has 1 aliphatic carbocycles. The van der Waals surface area contributed by atoms with Crippen LogP contribution in [-0.4, -0.2) is 19.3 Å². The first-order chi connectivity index (χ1) is 8.04. The first-order valence-corrected chi connectivity index (χ1v) is 7.64. The van der Waals surface area contributed by atoms with Gasteiger partial charge in [-0.2, -0.15) is 0 Å². The molecular weight excluding hydrogens is 208 g/mol. The predicted octanol–water partition coefficient (Wildman–Crippen LogP) is 1.66. The van der Waals surface area contributed by atoms with Crippen LogP contribution in [0.1, 0.15) is 52.9 Å². The Bertz CT molecular complexity index is 231. The average Bonchev–Trinajstić information content (AvgIpc) is 2.22. The van der Waals surface area contributed by atoms with Crippen LogP contribution in [0.25, 0.3) is 0 Å². The highest BCUT2D eigenvalue weighted by Crippen LogP contribution is 2.32. The molecule has 1 saturated carbocycles. The Hall–Kier alpha value is -0.0800. The number of quaternary nitrogens is 1. The fourth-order valence-electron chi connectivity index (χ4n) is 4.26. The van der Waals surface area contributed by atoms with Crippen molar-refractivity contribution >= 4 is 0 Å². The minimum absolute atomic E-state index is 0.415. The maximum Gasteiger partial charge on any atom is 0.138 e. The van der Waals surface area contributed by atoms with Gasteiger partial charge in [-0.05, 0) is 37.5 Å². The van der Waals surface area contributed by atoms with Gasteiger partial charge in [0.1, 0.15) is 6.17 Å². The number of rotatable bonds is 2. The van der Waals surface area contributed by atoms with Crippen molar-refractivity contribution in [2.75, 3.05) is 13.1 Å². The van der Waals surface area contributed by atoms with Gasteiger partial charge >= 0.3 is 0 Å². The highest BCUT2D eigenvalue weighted by Gasteiger charge is 2.32. The van der Waals surface area contributed by atoms with E-state index >= 15 is 0 Å². The minimum atomic E-state index is 0.415. The molecule has 17 heavy (non-hydrogen) atoms. The molecule has 100 valence electrons. The topological polar surface area (TPSA) is 30.5 Å². The Morgan fingerprint density at radius 3 is 2.24 bits per heavy atom. The molecule has 5 atom stereocenters. The molecule has 2 rings (SSSR count). The summed E-state index contributed by atoms with van der Waals surface area (Å²) < 4.78 is 0. The molecule has 1 aliphatic heterocycles. The van der Waals surface area contributed by atoms with E-state index in [1.807, 2.05) is 0 Å². The molecule has 0 radical (unpaired) electrons. The zero-order valence-electron chi connectivity index (χ0n) is 11.9. The molecule has 0 aromatic carbocycles. The second kappa shape index (κ2) is 5.71. The van der Waals surface area contributed by atoms with Gasteiger partial charge in [-0.15, -0.1) is 0 Å². The molecule has 0 amide bonds. The third-order valence-corrected chi connectivity index (χ3v) is 4.93. The van der Waals surface area contributed by atoms with E-state index in [1.165, 1.54) is 45.2 Å². The van der Waals surface area contributed by atoms with Gasteiger partial charge in [-0.3, -0.25) is 5.73 Å². The second-order valence-corrected chi connectivity index (χ2v) is 7.14. The van der Waals surface area contributed by atoms with Gasteiger partial charge in [0.05, 0.1) is 13.1 Å². The molecule has 0 spiro atoms. The number of nitrogens with two attached hydrogens (primary N) is 1. The predicted molar refractivity (Wildman–Crippen MR) is 72.7 cm³/mol. The number of hydrogen-bond acceptors (Lipinski definition) is 1. The zero-order chi connectivity index (χ0) is 12.4. The van der Waals surface area contributed by atoms with Gasteiger partial charge in [-0.1, -0.05) is 20.8 Å². The lowest BCUT2D eigenvalue weighted by atomic mass is 9.76. The van der Waals surface area contributed by atoms with E-state index in [0.29, 0.717) is 6.17 Å². The fraction of sp³-hybridized carbons (Fsp3) is 1.00. The first kappa shape index (κ1) is 13.4. The van der Waals surface area contributed by atoms with Crippen LogP contribution in [0, 0.1) is 23.7 Å². The van der Waals surface area contributed by atoms with E-state index in [0.717, 1.165) is 23.7 Å². The third kappa shape index (κ3) is 3.69. The van der Waals surface area contributed by atoms with Crippen molar-refractivity contribution in [3.63, 3.8) is 0 Å². The molecule has 1 heterocycles. The van der Waals surface area contributed by atoms with Crippen LogP contribution in [-0.2, 0) is 0 Å². The van der Waals surface area contributed by atoms with Crippen molar-refractivity contribution < 1.29 is 4.90 Å². The molecule has 1 saturated heterocycles. The molecule has 0 aromatic heterocycles. The van der Waals surface area contributed by atoms with Crippen molar-refractivity contribution in [3.05, 3.63) is 0 Å². The van der Waals surface area contributed by atoms with E-state index in [9.17, 15) is 0 Å². The number of hydrogen-bond donors (Lipinski definition) is 2. The van der Waals surface area contributed by atoms with Gasteiger partial charge in [0.2, 0.25) is 0 Å². The Morgan fingerprint density at radius 1 is 0.941 bits per heavy atom. The molecule has 2 heteroatoms. The Labute approximate surface area is 107 Å². The third-order valence-electron chi connectivity index (χ3n) is 4.93. The lowest BCUT2D eigenvalue weighted by Gasteiger charge is -2.38.